The molecular formula is C12H19NOS. The van der Waals surface area contributed by atoms with Crippen LogP contribution in [0.1, 0.15) is 19.8 Å². The first-order valence-electron chi connectivity index (χ1n) is 5.36. The van der Waals surface area contributed by atoms with Crippen molar-refractivity contribution in [2.45, 2.75) is 36.0 Å². The minimum Gasteiger partial charge on any atom is -0.395 e. The number of hydrogen-bond acceptors (Lipinski definition) is 3. The van der Waals surface area contributed by atoms with Gasteiger partial charge in [0.05, 0.1) is 6.61 Å². The predicted molar refractivity (Wildman–Crippen MR) is 66.1 cm³/mol. The van der Waals surface area contributed by atoms with Crippen molar-refractivity contribution in [1.82, 2.24) is 0 Å². The third-order valence-electron chi connectivity index (χ3n) is 2.31. The van der Waals surface area contributed by atoms with Gasteiger partial charge in [-0.1, -0.05) is 31.5 Å². The fraction of sp³-hybridized carbons (Fsp3) is 0.500. The Labute approximate surface area is 95.9 Å². The summed E-state index contributed by atoms with van der Waals surface area (Å²) in [6.45, 7) is 2.25. The van der Waals surface area contributed by atoms with Crippen molar-refractivity contribution in [2.75, 3.05) is 6.61 Å². The molecule has 1 aromatic rings. The highest BCUT2D eigenvalue weighted by Gasteiger charge is 2.17. The Morgan fingerprint density at radius 1 is 1.33 bits per heavy atom. The average molecular weight is 225 g/mol. The fourth-order valence-electron chi connectivity index (χ4n) is 1.45. The fourth-order valence-corrected chi connectivity index (χ4v) is 2.50. The van der Waals surface area contributed by atoms with Gasteiger partial charge in [0, 0.05) is 16.2 Å². The van der Waals surface area contributed by atoms with E-state index in [0.29, 0.717) is 0 Å². The summed E-state index contributed by atoms with van der Waals surface area (Å²) < 4.78 is 0. The van der Waals surface area contributed by atoms with Gasteiger partial charge >= 0.3 is 0 Å². The van der Waals surface area contributed by atoms with Gasteiger partial charge in [-0.2, -0.15) is 0 Å². The van der Waals surface area contributed by atoms with Crippen LogP contribution in [-0.2, 0) is 0 Å². The summed E-state index contributed by atoms with van der Waals surface area (Å²) in [5, 5.41) is 9.39. The molecule has 3 N–H and O–H groups in total. The van der Waals surface area contributed by atoms with E-state index in [9.17, 15) is 5.11 Å². The van der Waals surface area contributed by atoms with E-state index in [1.165, 1.54) is 4.90 Å². The van der Waals surface area contributed by atoms with E-state index in [-0.39, 0.29) is 17.9 Å². The van der Waals surface area contributed by atoms with Gasteiger partial charge in [-0.15, -0.1) is 11.8 Å². The summed E-state index contributed by atoms with van der Waals surface area (Å²) in [5.41, 5.74) is 6.01. The van der Waals surface area contributed by atoms with Crippen molar-refractivity contribution in [2.24, 2.45) is 5.73 Å². The lowest BCUT2D eigenvalue weighted by atomic mass is 10.1. The Morgan fingerprint density at radius 2 is 2.00 bits per heavy atom. The van der Waals surface area contributed by atoms with E-state index in [1.54, 1.807) is 11.8 Å². The molecule has 0 aromatic heterocycles. The topological polar surface area (TPSA) is 46.2 Å². The maximum absolute atomic E-state index is 9.28. The van der Waals surface area contributed by atoms with Crippen LogP contribution in [0.5, 0.6) is 0 Å². The van der Waals surface area contributed by atoms with E-state index in [1.807, 2.05) is 30.3 Å². The van der Waals surface area contributed by atoms with Crippen molar-refractivity contribution < 1.29 is 5.11 Å². The molecule has 0 aliphatic heterocycles. The molecule has 2 unspecified atom stereocenters. The zero-order valence-corrected chi connectivity index (χ0v) is 9.91. The molecule has 3 heteroatoms. The molecule has 0 bridgehead atoms. The van der Waals surface area contributed by atoms with E-state index in [4.69, 9.17) is 5.73 Å². The number of rotatable bonds is 6. The zero-order valence-electron chi connectivity index (χ0n) is 9.10. The van der Waals surface area contributed by atoms with Gasteiger partial charge in [-0.3, -0.25) is 0 Å². The first kappa shape index (κ1) is 12.6. The summed E-state index contributed by atoms with van der Waals surface area (Å²) in [6, 6.07) is 10.2. The molecule has 1 aromatic carbocycles. The van der Waals surface area contributed by atoms with Crippen LogP contribution in [0.4, 0.5) is 0 Å². The molecule has 0 aliphatic rings. The highest BCUT2D eigenvalue weighted by atomic mass is 32.2. The van der Waals surface area contributed by atoms with Gasteiger partial charge in [0.2, 0.25) is 0 Å². The van der Waals surface area contributed by atoms with E-state index in [0.717, 1.165) is 12.8 Å². The third-order valence-corrected chi connectivity index (χ3v) is 3.66. The van der Waals surface area contributed by atoms with Gasteiger partial charge < -0.3 is 10.8 Å². The van der Waals surface area contributed by atoms with Crippen molar-refractivity contribution in [3.63, 3.8) is 0 Å². The number of aliphatic hydroxyl groups excluding tert-OH is 1. The SMILES string of the molecule is CCCC(N)C(CO)Sc1ccccc1. The molecule has 0 fully saturated rings. The Hall–Kier alpha value is -0.510. The van der Waals surface area contributed by atoms with Crippen LogP contribution >= 0.6 is 11.8 Å². The lowest BCUT2D eigenvalue weighted by Crippen LogP contribution is -2.34. The summed E-state index contributed by atoms with van der Waals surface area (Å²) in [7, 11) is 0. The number of aliphatic hydroxyl groups is 1. The number of benzene rings is 1. The lowest BCUT2D eigenvalue weighted by Gasteiger charge is -2.20. The second-order valence-electron chi connectivity index (χ2n) is 3.60. The van der Waals surface area contributed by atoms with Crippen molar-refractivity contribution in [3.05, 3.63) is 30.3 Å². The third kappa shape index (κ3) is 4.24. The molecule has 0 heterocycles. The van der Waals surface area contributed by atoms with Crippen LogP contribution in [-0.4, -0.2) is 23.0 Å². The highest BCUT2D eigenvalue weighted by molar-refractivity contribution is 8.00. The standard InChI is InChI=1S/C12H19NOS/c1-2-6-11(13)12(9-14)15-10-7-4-3-5-8-10/h3-5,7-8,11-12,14H,2,6,9,13H2,1H3. The molecule has 0 spiro atoms. The molecule has 0 amide bonds. The molecular weight excluding hydrogens is 206 g/mol. The maximum atomic E-state index is 9.28. The van der Waals surface area contributed by atoms with Crippen molar-refractivity contribution >= 4 is 11.8 Å². The lowest BCUT2D eigenvalue weighted by molar-refractivity contribution is 0.279. The number of thioether (sulfide) groups is 1. The van der Waals surface area contributed by atoms with Crippen LogP contribution in [0, 0.1) is 0 Å². The van der Waals surface area contributed by atoms with Gasteiger partial charge in [-0.05, 0) is 18.6 Å². The van der Waals surface area contributed by atoms with Gasteiger partial charge in [0.15, 0.2) is 0 Å². The zero-order chi connectivity index (χ0) is 11.1. The first-order chi connectivity index (χ1) is 7.27. The van der Waals surface area contributed by atoms with Crippen molar-refractivity contribution in [1.29, 1.82) is 0 Å². The Morgan fingerprint density at radius 3 is 2.53 bits per heavy atom. The monoisotopic (exact) mass is 225 g/mol. The van der Waals surface area contributed by atoms with E-state index in [2.05, 4.69) is 6.92 Å². The summed E-state index contributed by atoms with van der Waals surface area (Å²) in [6.07, 6.45) is 2.03. The van der Waals surface area contributed by atoms with Crippen LogP contribution in [0.25, 0.3) is 0 Å². The smallest absolute Gasteiger partial charge is 0.0568 e. The Balaban J connectivity index is 2.53. The molecule has 1 rings (SSSR count). The van der Waals surface area contributed by atoms with Crippen LogP contribution in [0.2, 0.25) is 0 Å². The summed E-state index contributed by atoms with van der Waals surface area (Å²) in [4.78, 5) is 1.17. The molecule has 0 radical (unpaired) electrons. The molecule has 2 atom stereocenters. The van der Waals surface area contributed by atoms with Gasteiger partial charge in [0.25, 0.3) is 0 Å². The maximum Gasteiger partial charge on any atom is 0.0568 e. The van der Waals surface area contributed by atoms with Crippen LogP contribution < -0.4 is 5.73 Å². The van der Waals surface area contributed by atoms with Gasteiger partial charge in [-0.25, -0.2) is 0 Å². The molecule has 84 valence electrons. The Bertz CT molecular complexity index is 266. The van der Waals surface area contributed by atoms with Crippen LogP contribution in [0.3, 0.4) is 0 Å². The van der Waals surface area contributed by atoms with Gasteiger partial charge in [0.1, 0.15) is 0 Å². The number of hydrogen-bond donors (Lipinski definition) is 2. The quantitative estimate of drug-likeness (QED) is 0.730. The molecule has 0 aliphatic carbocycles. The first-order valence-corrected chi connectivity index (χ1v) is 6.24. The second-order valence-corrected chi connectivity index (χ2v) is 4.92. The Kier molecular flexibility index (Phi) is 5.76. The molecule has 2 nitrogen and oxygen atoms in total. The predicted octanol–water partition coefficient (Wildman–Crippen LogP) is 2.27. The van der Waals surface area contributed by atoms with Crippen molar-refractivity contribution in [3.8, 4) is 0 Å². The highest BCUT2D eigenvalue weighted by Crippen LogP contribution is 2.25. The normalized spacial score (nSPS) is 14.9. The molecule has 0 saturated heterocycles. The summed E-state index contributed by atoms with van der Waals surface area (Å²) >= 11 is 1.66. The molecule has 0 saturated carbocycles. The van der Waals surface area contributed by atoms with E-state index < -0.39 is 0 Å². The second kappa shape index (κ2) is 6.88. The summed E-state index contributed by atoms with van der Waals surface area (Å²) in [5.74, 6) is 0. The van der Waals surface area contributed by atoms with E-state index >= 15 is 0 Å². The number of nitrogens with two attached hydrogens (primary N) is 1. The minimum absolute atomic E-state index is 0.0743. The van der Waals surface area contributed by atoms with Crippen LogP contribution in [0.15, 0.2) is 35.2 Å². The largest absolute Gasteiger partial charge is 0.395 e. The minimum atomic E-state index is 0.0743. The average Bonchev–Trinajstić information content (AvgIpc) is 2.27. The molecule has 15 heavy (non-hydrogen) atoms.